The van der Waals surface area contributed by atoms with E-state index in [2.05, 4.69) is 29.3 Å². The first-order valence-electron chi connectivity index (χ1n) is 4.27. The van der Waals surface area contributed by atoms with E-state index >= 15 is 0 Å². The van der Waals surface area contributed by atoms with Crippen LogP contribution in [0.4, 0.5) is 0 Å². The number of aryl methyl sites for hydroxylation is 1. The van der Waals surface area contributed by atoms with Gasteiger partial charge in [0, 0.05) is 12.5 Å². The van der Waals surface area contributed by atoms with Gasteiger partial charge in [-0.3, -0.25) is 0 Å². The second kappa shape index (κ2) is 4.21. The molecule has 0 aliphatic carbocycles. The second-order valence-corrected chi connectivity index (χ2v) is 2.99. The van der Waals surface area contributed by atoms with Gasteiger partial charge in [-0.05, 0) is 0 Å². The Balaban J connectivity index is 2.41. The van der Waals surface area contributed by atoms with Gasteiger partial charge in [-0.2, -0.15) is 4.98 Å². The number of nitrogens with one attached hydrogen (secondary N) is 1. The van der Waals surface area contributed by atoms with Gasteiger partial charge in [-0.15, -0.1) is 0 Å². The normalized spacial score (nSPS) is 11.0. The van der Waals surface area contributed by atoms with Crippen LogP contribution in [0.1, 0.15) is 32.5 Å². The Hall–Kier alpha value is -0.900. The molecule has 1 aromatic rings. The predicted octanol–water partition coefficient (Wildman–Crippen LogP) is 1.13. The Morgan fingerprint density at radius 2 is 2.25 bits per heavy atom. The third kappa shape index (κ3) is 2.62. The SMILES string of the molecule is CCc1nc(CNC(C)C)no1. The molecule has 0 bridgehead atoms. The third-order valence-corrected chi connectivity index (χ3v) is 1.48. The van der Waals surface area contributed by atoms with E-state index in [9.17, 15) is 0 Å². The van der Waals surface area contributed by atoms with E-state index < -0.39 is 0 Å². The van der Waals surface area contributed by atoms with Crippen molar-refractivity contribution in [1.82, 2.24) is 15.5 Å². The average Bonchev–Trinajstić information content (AvgIpc) is 2.48. The minimum atomic E-state index is 0.452. The highest BCUT2D eigenvalue weighted by atomic mass is 16.5. The Morgan fingerprint density at radius 3 is 2.75 bits per heavy atom. The van der Waals surface area contributed by atoms with Crippen molar-refractivity contribution < 1.29 is 4.52 Å². The third-order valence-electron chi connectivity index (χ3n) is 1.48. The summed E-state index contributed by atoms with van der Waals surface area (Å²) in [5, 5.41) is 7.02. The Bertz CT molecular complexity index is 232. The lowest BCUT2D eigenvalue weighted by Gasteiger charge is -2.02. The van der Waals surface area contributed by atoms with Gasteiger partial charge in [0.15, 0.2) is 5.82 Å². The number of hydrogen-bond donors (Lipinski definition) is 1. The highest BCUT2D eigenvalue weighted by Crippen LogP contribution is 1.97. The lowest BCUT2D eigenvalue weighted by molar-refractivity contribution is 0.374. The van der Waals surface area contributed by atoms with Crippen LogP contribution >= 0.6 is 0 Å². The second-order valence-electron chi connectivity index (χ2n) is 2.99. The quantitative estimate of drug-likeness (QED) is 0.734. The summed E-state index contributed by atoms with van der Waals surface area (Å²) in [6.45, 7) is 6.84. The van der Waals surface area contributed by atoms with Crippen molar-refractivity contribution in [2.45, 2.75) is 39.8 Å². The summed E-state index contributed by atoms with van der Waals surface area (Å²) in [7, 11) is 0. The van der Waals surface area contributed by atoms with Crippen LogP contribution in [-0.4, -0.2) is 16.2 Å². The molecule has 0 aromatic carbocycles. The number of nitrogens with zero attached hydrogens (tertiary/aromatic N) is 2. The van der Waals surface area contributed by atoms with Crippen LogP contribution in [0.3, 0.4) is 0 Å². The fraction of sp³-hybridized carbons (Fsp3) is 0.750. The van der Waals surface area contributed by atoms with Crippen molar-refractivity contribution in [3.63, 3.8) is 0 Å². The van der Waals surface area contributed by atoms with Crippen LogP contribution in [0.2, 0.25) is 0 Å². The molecule has 0 unspecified atom stereocenters. The zero-order valence-corrected chi connectivity index (χ0v) is 7.79. The van der Waals surface area contributed by atoms with Crippen LogP contribution < -0.4 is 5.32 Å². The maximum atomic E-state index is 4.94. The van der Waals surface area contributed by atoms with Gasteiger partial charge in [0.1, 0.15) is 0 Å². The Labute approximate surface area is 72.4 Å². The van der Waals surface area contributed by atoms with Crippen LogP contribution in [-0.2, 0) is 13.0 Å². The van der Waals surface area contributed by atoms with Gasteiger partial charge in [0.25, 0.3) is 0 Å². The molecule has 0 fully saturated rings. The summed E-state index contributed by atoms with van der Waals surface area (Å²) in [4.78, 5) is 4.16. The maximum absolute atomic E-state index is 4.94. The lowest BCUT2D eigenvalue weighted by Crippen LogP contribution is -2.22. The Morgan fingerprint density at radius 1 is 1.50 bits per heavy atom. The molecule has 12 heavy (non-hydrogen) atoms. The van der Waals surface area contributed by atoms with Crippen LogP contribution in [0, 0.1) is 0 Å². The smallest absolute Gasteiger partial charge is 0.226 e. The lowest BCUT2D eigenvalue weighted by atomic mass is 10.4. The first kappa shape index (κ1) is 9.19. The summed E-state index contributed by atoms with van der Waals surface area (Å²) < 4.78 is 4.94. The van der Waals surface area contributed by atoms with E-state index in [1.807, 2.05) is 6.92 Å². The molecule has 4 heteroatoms. The maximum Gasteiger partial charge on any atom is 0.226 e. The molecule has 1 rings (SSSR count). The predicted molar refractivity (Wildman–Crippen MR) is 45.7 cm³/mol. The van der Waals surface area contributed by atoms with Crippen LogP contribution in [0.5, 0.6) is 0 Å². The van der Waals surface area contributed by atoms with E-state index in [0.717, 1.165) is 12.2 Å². The fourth-order valence-corrected chi connectivity index (χ4v) is 0.801. The number of hydrogen-bond acceptors (Lipinski definition) is 4. The number of aromatic nitrogens is 2. The fourth-order valence-electron chi connectivity index (χ4n) is 0.801. The average molecular weight is 169 g/mol. The van der Waals surface area contributed by atoms with Crippen molar-refractivity contribution in [3.8, 4) is 0 Å². The molecule has 0 saturated carbocycles. The van der Waals surface area contributed by atoms with E-state index in [1.54, 1.807) is 0 Å². The molecule has 4 nitrogen and oxygen atoms in total. The molecule has 0 saturated heterocycles. The van der Waals surface area contributed by atoms with Gasteiger partial charge in [0.2, 0.25) is 5.89 Å². The molecule has 0 radical (unpaired) electrons. The first-order chi connectivity index (χ1) is 5.72. The minimum Gasteiger partial charge on any atom is -0.339 e. The molecule has 0 amide bonds. The standard InChI is InChI=1S/C8H15N3O/c1-4-8-10-7(11-12-8)5-9-6(2)3/h6,9H,4-5H2,1-3H3. The molecule has 1 aromatic heterocycles. The molecule has 68 valence electrons. The number of rotatable bonds is 4. The molecular formula is C8H15N3O. The highest BCUT2D eigenvalue weighted by Gasteiger charge is 2.03. The summed E-state index contributed by atoms with van der Waals surface area (Å²) >= 11 is 0. The van der Waals surface area contributed by atoms with Gasteiger partial charge in [-0.25, -0.2) is 0 Å². The summed E-state index contributed by atoms with van der Waals surface area (Å²) in [5.41, 5.74) is 0. The molecule has 0 aliphatic heterocycles. The van der Waals surface area contributed by atoms with E-state index in [4.69, 9.17) is 4.52 Å². The van der Waals surface area contributed by atoms with Gasteiger partial charge in [-0.1, -0.05) is 25.9 Å². The van der Waals surface area contributed by atoms with E-state index in [-0.39, 0.29) is 0 Å². The van der Waals surface area contributed by atoms with Crippen molar-refractivity contribution in [2.24, 2.45) is 0 Å². The molecule has 1 N–H and O–H groups in total. The van der Waals surface area contributed by atoms with Crippen LogP contribution in [0.15, 0.2) is 4.52 Å². The summed E-state index contributed by atoms with van der Waals surface area (Å²) in [5.74, 6) is 1.44. The van der Waals surface area contributed by atoms with E-state index in [0.29, 0.717) is 18.5 Å². The molecular weight excluding hydrogens is 154 g/mol. The van der Waals surface area contributed by atoms with Crippen molar-refractivity contribution in [2.75, 3.05) is 0 Å². The monoisotopic (exact) mass is 169 g/mol. The van der Waals surface area contributed by atoms with E-state index in [1.165, 1.54) is 0 Å². The van der Waals surface area contributed by atoms with Crippen molar-refractivity contribution >= 4 is 0 Å². The topological polar surface area (TPSA) is 51.0 Å². The molecule has 0 atom stereocenters. The zero-order chi connectivity index (χ0) is 8.97. The van der Waals surface area contributed by atoms with Gasteiger partial charge >= 0.3 is 0 Å². The highest BCUT2D eigenvalue weighted by molar-refractivity contribution is 4.85. The van der Waals surface area contributed by atoms with Crippen molar-refractivity contribution in [3.05, 3.63) is 11.7 Å². The molecule has 0 spiro atoms. The molecule has 0 aliphatic rings. The zero-order valence-electron chi connectivity index (χ0n) is 7.79. The summed E-state index contributed by atoms with van der Waals surface area (Å²) in [6.07, 6.45) is 0.800. The van der Waals surface area contributed by atoms with Gasteiger partial charge in [0.05, 0.1) is 6.54 Å². The van der Waals surface area contributed by atoms with Gasteiger partial charge < -0.3 is 9.84 Å². The summed E-state index contributed by atoms with van der Waals surface area (Å²) in [6, 6.07) is 0.452. The Kier molecular flexibility index (Phi) is 3.22. The van der Waals surface area contributed by atoms with Crippen molar-refractivity contribution in [1.29, 1.82) is 0 Å². The van der Waals surface area contributed by atoms with Crippen LogP contribution in [0.25, 0.3) is 0 Å². The molecule has 1 heterocycles. The first-order valence-corrected chi connectivity index (χ1v) is 4.27. The minimum absolute atomic E-state index is 0.452. The largest absolute Gasteiger partial charge is 0.339 e.